The average molecular weight is 388 g/mol. The van der Waals surface area contributed by atoms with Crippen LogP contribution in [0.25, 0.3) is 33.8 Å². The number of pyridine rings is 3. The van der Waals surface area contributed by atoms with Crippen molar-refractivity contribution in [3.8, 4) is 33.8 Å². The Labute approximate surface area is 154 Å². The smallest absolute Gasteiger partial charge is 0.0899 e. The van der Waals surface area contributed by atoms with Crippen LogP contribution in [-0.4, -0.2) is 15.0 Å². The first-order valence-corrected chi connectivity index (χ1v) is 8.69. The van der Waals surface area contributed by atoms with E-state index in [9.17, 15) is 0 Å². The van der Waals surface area contributed by atoms with Crippen LogP contribution in [0.15, 0.2) is 89.8 Å². The average Bonchev–Trinajstić information content (AvgIpc) is 2.69. The van der Waals surface area contributed by atoms with Crippen LogP contribution in [0.3, 0.4) is 0 Å². The molecule has 0 bridgehead atoms. The van der Waals surface area contributed by atoms with Gasteiger partial charge in [-0.2, -0.15) is 0 Å². The molecule has 0 fully saturated rings. The second kappa shape index (κ2) is 6.95. The van der Waals surface area contributed by atoms with Gasteiger partial charge in [0, 0.05) is 28.6 Å². The Kier molecular flexibility index (Phi) is 4.36. The molecule has 4 rings (SSSR count). The van der Waals surface area contributed by atoms with Crippen LogP contribution in [0.1, 0.15) is 0 Å². The van der Waals surface area contributed by atoms with Gasteiger partial charge in [-0.05, 0) is 59.7 Å². The van der Waals surface area contributed by atoms with Crippen molar-refractivity contribution >= 4 is 15.9 Å². The van der Waals surface area contributed by atoms with Crippen LogP contribution in [0.5, 0.6) is 0 Å². The largest absolute Gasteiger partial charge is 0.264 e. The van der Waals surface area contributed by atoms with Crippen LogP contribution in [-0.2, 0) is 0 Å². The number of hydrogen-bond donors (Lipinski definition) is 0. The van der Waals surface area contributed by atoms with E-state index < -0.39 is 0 Å². The molecule has 0 atom stereocenters. The Hall–Kier alpha value is -2.85. The molecule has 4 aromatic rings. The normalized spacial score (nSPS) is 10.6. The highest BCUT2D eigenvalue weighted by Crippen LogP contribution is 2.29. The molecule has 4 heteroatoms. The van der Waals surface area contributed by atoms with Gasteiger partial charge in [-0.1, -0.05) is 34.1 Å². The van der Waals surface area contributed by atoms with Crippen LogP contribution >= 0.6 is 15.9 Å². The molecule has 0 amide bonds. The highest BCUT2D eigenvalue weighted by atomic mass is 79.9. The second-order valence-corrected chi connectivity index (χ2v) is 6.51. The van der Waals surface area contributed by atoms with E-state index in [2.05, 4.69) is 50.2 Å². The summed E-state index contributed by atoms with van der Waals surface area (Å²) < 4.78 is 1.06. The molecule has 0 saturated carbocycles. The maximum Gasteiger partial charge on any atom is 0.0899 e. The molecule has 3 heterocycles. The number of rotatable bonds is 3. The van der Waals surface area contributed by atoms with Gasteiger partial charge >= 0.3 is 0 Å². The molecule has 0 unspecified atom stereocenters. The molecule has 1 aromatic carbocycles. The predicted molar refractivity (Wildman–Crippen MR) is 104 cm³/mol. The van der Waals surface area contributed by atoms with E-state index >= 15 is 0 Å². The first kappa shape index (κ1) is 15.7. The first-order valence-electron chi connectivity index (χ1n) is 7.89. The van der Waals surface area contributed by atoms with Crippen molar-refractivity contribution in [3.05, 3.63) is 89.8 Å². The monoisotopic (exact) mass is 387 g/mol. The van der Waals surface area contributed by atoms with Gasteiger partial charge in [0.1, 0.15) is 0 Å². The van der Waals surface area contributed by atoms with E-state index in [1.807, 2.05) is 48.7 Å². The highest BCUT2D eigenvalue weighted by molar-refractivity contribution is 9.10. The van der Waals surface area contributed by atoms with E-state index in [1.54, 1.807) is 12.4 Å². The number of benzene rings is 1. The molecular formula is C21H14BrN3. The predicted octanol–water partition coefficient (Wildman–Crippen LogP) is 5.64. The molecule has 0 aliphatic carbocycles. The van der Waals surface area contributed by atoms with E-state index in [0.29, 0.717) is 0 Å². The summed E-state index contributed by atoms with van der Waals surface area (Å²) in [5, 5.41) is 0. The molecular weight excluding hydrogens is 374 g/mol. The van der Waals surface area contributed by atoms with E-state index in [4.69, 9.17) is 4.98 Å². The molecule has 0 aliphatic rings. The van der Waals surface area contributed by atoms with Gasteiger partial charge in [0.2, 0.25) is 0 Å². The standard InChI is InChI=1S/C21H14BrN3/c22-18-8-6-15(7-9-18)17-12-20(16-4-3-10-23-14-16)25-21(13-17)19-5-1-2-11-24-19/h1-14H. The number of aromatic nitrogens is 3. The molecule has 0 N–H and O–H groups in total. The van der Waals surface area contributed by atoms with E-state index in [-0.39, 0.29) is 0 Å². The summed E-state index contributed by atoms with van der Waals surface area (Å²) in [7, 11) is 0. The van der Waals surface area contributed by atoms with Crippen LogP contribution in [0, 0.1) is 0 Å². The highest BCUT2D eigenvalue weighted by Gasteiger charge is 2.09. The molecule has 0 radical (unpaired) electrons. The second-order valence-electron chi connectivity index (χ2n) is 5.59. The zero-order valence-corrected chi connectivity index (χ0v) is 14.9. The summed E-state index contributed by atoms with van der Waals surface area (Å²) in [5.74, 6) is 0. The lowest BCUT2D eigenvalue weighted by Crippen LogP contribution is -1.92. The fraction of sp³-hybridized carbons (Fsp3) is 0. The van der Waals surface area contributed by atoms with Gasteiger partial charge in [-0.3, -0.25) is 9.97 Å². The van der Waals surface area contributed by atoms with Gasteiger partial charge in [0.15, 0.2) is 0 Å². The van der Waals surface area contributed by atoms with Crippen molar-refractivity contribution in [2.24, 2.45) is 0 Å². The topological polar surface area (TPSA) is 38.7 Å². The minimum absolute atomic E-state index is 0.847. The maximum absolute atomic E-state index is 4.81. The summed E-state index contributed by atoms with van der Waals surface area (Å²) in [6.45, 7) is 0. The SMILES string of the molecule is Brc1ccc(-c2cc(-c3cccnc3)nc(-c3ccccn3)c2)cc1. The minimum atomic E-state index is 0.847. The van der Waals surface area contributed by atoms with Gasteiger partial charge in [-0.25, -0.2) is 4.98 Å². The van der Waals surface area contributed by atoms with Crippen molar-refractivity contribution in [2.45, 2.75) is 0 Å². The van der Waals surface area contributed by atoms with Crippen molar-refractivity contribution in [3.63, 3.8) is 0 Å². The third-order valence-corrected chi connectivity index (χ3v) is 4.42. The Morgan fingerprint density at radius 3 is 2.20 bits per heavy atom. The Morgan fingerprint density at radius 1 is 0.640 bits per heavy atom. The zero-order valence-electron chi connectivity index (χ0n) is 13.3. The van der Waals surface area contributed by atoms with Gasteiger partial charge in [-0.15, -0.1) is 0 Å². The quantitative estimate of drug-likeness (QED) is 0.456. The van der Waals surface area contributed by atoms with Crippen molar-refractivity contribution < 1.29 is 0 Å². The summed E-state index contributed by atoms with van der Waals surface area (Å²) >= 11 is 3.49. The third kappa shape index (κ3) is 3.49. The molecule has 0 aliphatic heterocycles. The van der Waals surface area contributed by atoms with E-state index in [0.717, 1.165) is 38.2 Å². The number of halogens is 1. The lowest BCUT2D eigenvalue weighted by molar-refractivity contribution is 1.24. The lowest BCUT2D eigenvalue weighted by atomic mass is 10.0. The van der Waals surface area contributed by atoms with Gasteiger partial charge in [0.25, 0.3) is 0 Å². The maximum atomic E-state index is 4.81. The molecule has 120 valence electrons. The van der Waals surface area contributed by atoms with Crippen LogP contribution < -0.4 is 0 Å². The van der Waals surface area contributed by atoms with Crippen molar-refractivity contribution in [2.75, 3.05) is 0 Å². The summed E-state index contributed by atoms with van der Waals surface area (Å²) in [6.07, 6.45) is 5.38. The molecule has 0 spiro atoms. The molecule has 3 aromatic heterocycles. The summed E-state index contributed by atoms with van der Waals surface area (Å²) in [5.41, 5.74) is 5.80. The Balaban J connectivity index is 1.90. The Morgan fingerprint density at radius 2 is 1.48 bits per heavy atom. The van der Waals surface area contributed by atoms with Crippen LogP contribution in [0.2, 0.25) is 0 Å². The lowest BCUT2D eigenvalue weighted by Gasteiger charge is -2.09. The summed E-state index contributed by atoms with van der Waals surface area (Å²) in [4.78, 5) is 13.5. The summed E-state index contributed by atoms with van der Waals surface area (Å²) in [6, 6.07) is 22.2. The van der Waals surface area contributed by atoms with Crippen LogP contribution in [0.4, 0.5) is 0 Å². The number of nitrogens with zero attached hydrogens (tertiary/aromatic N) is 3. The fourth-order valence-corrected chi connectivity index (χ4v) is 2.91. The molecule has 3 nitrogen and oxygen atoms in total. The Bertz CT molecular complexity index is 927. The molecule has 0 saturated heterocycles. The number of hydrogen-bond acceptors (Lipinski definition) is 3. The minimum Gasteiger partial charge on any atom is -0.264 e. The van der Waals surface area contributed by atoms with Crippen molar-refractivity contribution in [1.82, 2.24) is 15.0 Å². The molecule has 25 heavy (non-hydrogen) atoms. The van der Waals surface area contributed by atoms with Gasteiger partial charge < -0.3 is 0 Å². The third-order valence-electron chi connectivity index (χ3n) is 3.89. The van der Waals surface area contributed by atoms with E-state index in [1.165, 1.54) is 0 Å². The van der Waals surface area contributed by atoms with Gasteiger partial charge in [0.05, 0.1) is 17.1 Å². The zero-order chi connectivity index (χ0) is 17.1. The fourth-order valence-electron chi connectivity index (χ4n) is 2.65. The van der Waals surface area contributed by atoms with Crippen molar-refractivity contribution in [1.29, 1.82) is 0 Å². The first-order chi connectivity index (χ1) is 12.3.